The third kappa shape index (κ3) is 5.19. The molecule has 126 valence electrons. The van der Waals surface area contributed by atoms with E-state index >= 15 is 0 Å². The molecule has 7 heteroatoms. The van der Waals surface area contributed by atoms with E-state index in [1.165, 1.54) is 12.1 Å². The second kappa shape index (κ2) is 7.89. The third-order valence-corrected chi connectivity index (χ3v) is 3.98. The Hall–Kier alpha value is -2.18. The topological polar surface area (TPSA) is 75.6 Å². The van der Waals surface area contributed by atoms with Crippen LogP contribution >= 0.6 is 0 Å². The van der Waals surface area contributed by atoms with Gasteiger partial charge < -0.3 is 15.2 Å². The highest BCUT2D eigenvalue weighted by molar-refractivity contribution is 5.80. The molecule has 0 saturated heterocycles. The van der Waals surface area contributed by atoms with Crippen molar-refractivity contribution in [2.24, 2.45) is 11.8 Å². The molecule has 1 aromatic carbocycles. The molecule has 0 aromatic heterocycles. The van der Waals surface area contributed by atoms with Gasteiger partial charge in [0.05, 0.1) is 5.92 Å². The zero-order valence-electron chi connectivity index (χ0n) is 12.5. The highest BCUT2D eigenvalue weighted by atomic mass is 19.3. The number of carboxylic acid groups (broad SMARTS) is 1. The van der Waals surface area contributed by atoms with Crippen LogP contribution in [0.1, 0.15) is 31.2 Å². The predicted molar refractivity (Wildman–Crippen MR) is 78.0 cm³/mol. The Bertz CT molecular complexity index is 565. The third-order valence-electron chi connectivity index (χ3n) is 3.98. The SMILES string of the molecule is O=C(O)C1CCCC(C(=O)NCc2cccc(OC(F)F)c2)C1. The molecule has 0 aliphatic heterocycles. The number of nitrogens with one attached hydrogen (secondary N) is 1. The van der Waals surface area contributed by atoms with Gasteiger partial charge in [-0.25, -0.2) is 0 Å². The Labute approximate surface area is 132 Å². The first-order valence-corrected chi connectivity index (χ1v) is 7.50. The van der Waals surface area contributed by atoms with Crippen molar-refractivity contribution in [3.05, 3.63) is 29.8 Å². The number of hydrogen-bond acceptors (Lipinski definition) is 3. The van der Waals surface area contributed by atoms with E-state index in [0.717, 1.165) is 0 Å². The molecular weight excluding hydrogens is 308 g/mol. The lowest BCUT2D eigenvalue weighted by Gasteiger charge is -2.25. The number of hydrogen-bond donors (Lipinski definition) is 2. The van der Waals surface area contributed by atoms with Gasteiger partial charge in [-0.3, -0.25) is 9.59 Å². The molecule has 1 aliphatic carbocycles. The van der Waals surface area contributed by atoms with Crippen molar-refractivity contribution in [2.75, 3.05) is 0 Å². The van der Waals surface area contributed by atoms with E-state index < -0.39 is 18.5 Å². The number of halogens is 2. The van der Waals surface area contributed by atoms with E-state index in [1.54, 1.807) is 12.1 Å². The number of benzene rings is 1. The lowest BCUT2D eigenvalue weighted by molar-refractivity contribution is -0.144. The van der Waals surface area contributed by atoms with Crippen LogP contribution in [-0.4, -0.2) is 23.6 Å². The normalized spacial score (nSPS) is 21.0. The minimum Gasteiger partial charge on any atom is -0.481 e. The molecule has 1 amide bonds. The van der Waals surface area contributed by atoms with Crippen LogP contribution in [0.3, 0.4) is 0 Å². The van der Waals surface area contributed by atoms with Crippen LogP contribution in [0.15, 0.2) is 24.3 Å². The molecule has 1 fully saturated rings. The largest absolute Gasteiger partial charge is 0.481 e. The lowest BCUT2D eigenvalue weighted by Crippen LogP contribution is -2.35. The molecular formula is C16H19F2NO4. The molecule has 5 nitrogen and oxygen atoms in total. The van der Waals surface area contributed by atoms with Crippen LogP contribution < -0.4 is 10.1 Å². The van der Waals surface area contributed by atoms with Gasteiger partial charge in [0.2, 0.25) is 5.91 Å². The number of carbonyl (C=O) groups excluding carboxylic acids is 1. The molecule has 0 spiro atoms. The Morgan fingerprint density at radius 1 is 1.30 bits per heavy atom. The van der Waals surface area contributed by atoms with E-state index in [9.17, 15) is 18.4 Å². The van der Waals surface area contributed by atoms with E-state index in [-0.39, 0.29) is 24.1 Å². The summed E-state index contributed by atoms with van der Waals surface area (Å²) in [5.41, 5.74) is 0.641. The standard InChI is InChI=1S/C16H19F2NO4/c17-16(18)23-13-6-1-3-10(7-13)9-19-14(20)11-4-2-5-12(8-11)15(21)22/h1,3,6-7,11-12,16H,2,4-5,8-9H2,(H,19,20)(H,21,22). The minimum atomic E-state index is -2.89. The van der Waals surface area contributed by atoms with Crippen molar-refractivity contribution in [1.82, 2.24) is 5.32 Å². The second-order valence-corrected chi connectivity index (χ2v) is 5.64. The van der Waals surface area contributed by atoms with Gasteiger partial charge in [-0.05, 0) is 37.0 Å². The number of aliphatic carboxylic acids is 1. The van der Waals surface area contributed by atoms with Gasteiger partial charge in [0, 0.05) is 12.5 Å². The van der Waals surface area contributed by atoms with Crippen molar-refractivity contribution in [2.45, 2.75) is 38.8 Å². The zero-order chi connectivity index (χ0) is 16.8. The van der Waals surface area contributed by atoms with Crippen LogP contribution in [0.2, 0.25) is 0 Å². The summed E-state index contributed by atoms with van der Waals surface area (Å²) in [5.74, 6) is -1.81. The van der Waals surface area contributed by atoms with Crippen LogP contribution in [0.5, 0.6) is 5.75 Å². The minimum absolute atomic E-state index is 0.0374. The number of carboxylic acids is 1. The summed E-state index contributed by atoms with van der Waals surface area (Å²) in [7, 11) is 0. The van der Waals surface area contributed by atoms with Gasteiger partial charge in [0.1, 0.15) is 5.75 Å². The molecule has 1 saturated carbocycles. The smallest absolute Gasteiger partial charge is 0.387 e. The number of ether oxygens (including phenoxy) is 1. The summed E-state index contributed by atoms with van der Waals surface area (Å²) in [5, 5.41) is 11.8. The van der Waals surface area contributed by atoms with Gasteiger partial charge in [0.25, 0.3) is 0 Å². The van der Waals surface area contributed by atoms with Crippen molar-refractivity contribution in [3.63, 3.8) is 0 Å². The highest BCUT2D eigenvalue weighted by Gasteiger charge is 2.30. The first kappa shape index (κ1) is 17.2. The fourth-order valence-corrected chi connectivity index (χ4v) is 2.82. The summed E-state index contributed by atoms with van der Waals surface area (Å²) in [6, 6.07) is 6.11. The predicted octanol–water partition coefficient (Wildman–Crippen LogP) is 2.80. The van der Waals surface area contributed by atoms with Gasteiger partial charge in [-0.15, -0.1) is 0 Å². The average molecular weight is 327 g/mol. The summed E-state index contributed by atoms with van der Waals surface area (Å²) >= 11 is 0. The molecule has 2 unspecified atom stereocenters. The first-order chi connectivity index (χ1) is 11.0. The summed E-state index contributed by atoms with van der Waals surface area (Å²) in [6.45, 7) is -2.71. The Morgan fingerprint density at radius 2 is 2.04 bits per heavy atom. The summed E-state index contributed by atoms with van der Waals surface area (Å²) < 4.78 is 28.6. The van der Waals surface area contributed by atoms with Gasteiger partial charge in [-0.1, -0.05) is 18.6 Å². The quantitative estimate of drug-likeness (QED) is 0.842. The second-order valence-electron chi connectivity index (χ2n) is 5.64. The monoisotopic (exact) mass is 327 g/mol. The fraction of sp³-hybridized carbons (Fsp3) is 0.500. The number of amides is 1. The van der Waals surface area contributed by atoms with E-state index in [1.807, 2.05) is 0 Å². The molecule has 2 N–H and O–H groups in total. The van der Waals surface area contributed by atoms with E-state index in [2.05, 4.69) is 10.1 Å². The van der Waals surface area contributed by atoms with Crippen LogP contribution in [-0.2, 0) is 16.1 Å². The average Bonchev–Trinajstić information content (AvgIpc) is 2.52. The Kier molecular flexibility index (Phi) is 5.90. The van der Waals surface area contributed by atoms with Crippen molar-refractivity contribution < 1.29 is 28.2 Å². The Morgan fingerprint density at radius 3 is 2.74 bits per heavy atom. The number of alkyl halides is 2. The van der Waals surface area contributed by atoms with Crippen molar-refractivity contribution in [3.8, 4) is 5.75 Å². The van der Waals surface area contributed by atoms with E-state index in [0.29, 0.717) is 31.2 Å². The molecule has 2 rings (SSSR count). The number of rotatable bonds is 6. The number of carbonyl (C=O) groups is 2. The van der Waals surface area contributed by atoms with Gasteiger partial charge >= 0.3 is 12.6 Å². The molecule has 1 aliphatic rings. The zero-order valence-corrected chi connectivity index (χ0v) is 12.5. The first-order valence-electron chi connectivity index (χ1n) is 7.50. The lowest BCUT2D eigenvalue weighted by atomic mass is 9.81. The maximum Gasteiger partial charge on any atom is 0.387 e. The highest BCUT2D eigenvalue weighted by Crippen LogP contribution is 2.29. The molecule has 0 radical (unpaired) electrons. The van der Waals surface area contributed by atoms with Crippen LogP contribution in [0.25, 0.3) is 0 Å². The van der Waals surface area contributed by atoms with Crippen molar-refractivity contribution in [1.29, 1.82) is 0 Å². The van der Waals surface area contributed by atoms with Crippen LogP contribution in [0, 0.1) is 11.8 Å². The van der Waals surface area contributed by atoms with Gasteiger partial charge in [-0.2, -0.15) is 8.78 Å². The maximum absolute atomic E-state index is 12.2. The molecule has 0 heterocycles. The Balaban J connectivity index is 1.87. The maximum atomic E-state index is 12.2. The van der Waals surface area contributed by atoms with E-state index in [4.69, 9.17) is 5.11 Å². The molecule has 23 heavy (non-hydrogen) atoms. The summed E-state index contributed by atoms with van der Waals surface area (Å²) in [4.78, 5) is 23.2. The summed E-state index contributed by atoms with van der Waals surface area (Å²) in [6.07, 6.45) is 2.33. The van der Waals surface area contributed by atoms with Gasteiger partial charge in [0.15, 0.2) is 0 Å². The molecule has 1 aromatic rings. The molecule has 2 atom stereocenters. The molecule has 0 bridgehead atoms. The van der Waals surface area contributed by atoms with Crippen LogP contribution in [0.4, 0.5) is 8.78 Å². The van der Waals surface area contributed by atoms with Crippen molar-refractivity contribution >= 4 is 11.9 Å². The fourth-order valence-electron chi connectivity index (χ4n) is 2.82.